The molecule has 6 nitrogen and oxygen atoms in total. The van der Waals surface area contributed by atoms with E-state index in [0.29, 0.717) is 26.3 Å². The van der Waals surface area contributed by atoms with Gasteiger partial charge >= 0.3 is 6.03 Å². The summed E-state index contributed by atoms with van der Waals surface area (Å²) in [6, 6.07) is 9.95. The summed E-state index contributed by atoms with van der Waals surface area (Å²) < 4.78 is 11.4. The van der Waals surface area contributed by atoms with Gasteiger partial charge in [0.25, 0.3) is 0 Å². The molecule has 0 unspecified atom stereocenters. The van der Waals surface area contributed by atoms with Crippen molar-refractivity contribution >= 4 is 6.03 Å². The van der Waals surface area contributed by atoms with Crippen LogP contribution in [0.15, 0.2) is 30.3 Å². The van der Waals surface area contributed by atoms with Gasteiger partial charge in [-0.1, -0.05) is 18.2 Å². The van der Waals surface area contributed by atoms with Gasteiger partial charge in [0.2, 0.25) is 0 Å². The lowest BCUT2D eigenvalue weighted by Crippen LogP contribution is -2.59. The van der Waals surface area contributed by atoms with Gasteiger partial charge in [-0.3, -0.25) is 0 Å². The largest absolute Gasteiger partial charge is 0.494 e. The molecule has 1 aromatic rings. The van der Waals surface area contributed by atoms with Gasteiger partial charge in [0.1, 0.15) is 5.75 Å². The average Bonchev–Trinajstić information content (AvgIpc) is 2.59. The zero-order valence-corrected chi connectivity index (χ0v) is 14.6. The molecule has 0 radical (unpaired) electrons. The van der Waals surface area contributed by atoms with E-state index in [-0.39, 0.29) is 24.3 Å². The monoisotopic (exact) mass is 348 g/mol. The number of carbonyl (C=O) groups is 1. The lowest BCUT2D eigenvalue weighted by Gasteiger charge is -2.40. The number of nitrogens with zero attached hydrogens (tertiary/aromatic N) is 1. The SMILES string of the molecule is O=C(NC1CCC(O)CC1)N1CC(OCCCOc2ccccc2)C1. The molecule has 0 aromatic heterocycles. The lowest BCUT2D eigenvalue weighted by atomic mass is 9.93. The zero-order chi connectivity index (χ0) is 17.5. The van der Waals surface area contributed by atoms with Crippen LogP contribution in [0, 0.1) is 0 Å². The number of para-hydroxylation sites is 1. The highest BCUT2D eigenvalue weighted by molar-refractivity contribution is 5.75. The standard InChI is InChI=1S/C19H28N2O4/c22-16-9-7-15(8-10-16)20-19(23)21-13-18(14-21)25-12-4-11-24-17-5-2-1-3-6-17/h1-3,5-6,15-16,18,22H,4,7-14H2,(H,20,23). The van der Waals surface area contributed by atoms with E-state index in [1.54, 1.807) is 4.90 Å². The molecule has 2 aliphatic rings. The van der Waals surface area contributed by atoms with Crippen LogP contribution in [0.5, 0.6) is 5.75 Å². The Morgan fingerprint density at radius 1 is 1.12 bits per heavy atom. The number of hydrogen-bond donors (Lipinski definition) is 2. The second kappa shape index (κ2) is 9.06. The van der Waals surface area contributed by atoms with Gasteiger partial charge in [0.15, 0.2) is 0 Å². The van der Waals surface area contributed by atoms with Gasteiger partial charge in [-0.15, -0.1) is 0 Å². The van der Waals surface area contributed by atoms with E-state index >= 15 is 0 Å². The second-order valence-corrected chi connectivity index (χ2v) is 6.87. The van der Waals surface area contributed by atoms with E-state index < -0.39 is 0 Å². The molecule has 1 saturated carbocycles. The molecular weight excluding hydrogens is 320 g/mol. The number of aliphatic hydroxyl groups is 1. The van der Waals surface area contributed by atoms with Crippen LogP contribution in [0.3, 0.4) is 0 Å². The number of ether oxygens (including phenoxy) is 2. The molecular formula is C19H28N2O4. The molecule has 2 fully saturated rings. The summed E-state index contributed by atoms with van der Waals surface area (Å²) in [4.78, 5) is 13.9. The fourth-order valence-corrected chi connectivity index (χ4v) is 3.21. The minimum Gasteiger partial charge on any atom is -0.494 e. The Balaban J connectivity index is 1.21. The van der Waals surface area contributed by atoms with Gasteiger partial charge in [0.05, 0.1) is 38.5 Å². The van der Waals surface area contributed by atoms with Crippen LogP contribution in [0.4, 0.5) is 4.79 Å². The maximum atomic E-state index is 12.1. The van der Waals surface area contributed by atoms with Gasteiger partial charge in [-0.25, -0.2) is 4.79 Å². The smallest absolute Gasteiger partial charge is 0.317 e. The number of nitrogens with one attached hydrogen (secondary N) is 1. The Morgan fingerprint density at radius 3 is 2.56 bits per heavy atom. The number of amides is 2. The summed E-state index contributed by atoms with van der Waals surface area (Å²) in [6.45, 7) is 2.59. The number of likely N-dealkylation sites (tertiary alicyclic amines) is 1. The molecule has 3 rings (SSSR count). The topological polar surface area (TPSA) is 71.0 Å². The molecule has 1 aliphatic heterocycles. The van der Waals surface area contributed by atoms with Crippen molar-refractivity contribution in [2.24, 2.45) is 0 Å². The van der Waals surface area contributed by atoms with Crippen LogP contribution >= 0.6 is 0 Å². The molecule has 1 aromatic carbocycles. The number of rotatable bonds is 7. The Hall–Kier alpha value is -1.79. The van der Waals surface area contributed by atoms with Crippen LogP contribution in [0.25, 0.3) is 0 Å². The molecule has 1 heterocycles. The number of aliphatic hydroxyl groups excluding tert-OH is 1. The van der Waals surface area contributed by atoms with Crippen molar-refractivity contribution in [2.45, 2.75) is 50.4 Å². The predicted octanol–water partition coefficient (Wildman–Crippen LogP) is 2.17. The Bertz CT molecular complexity index is 525. The first-order valence-electron chi connectivity index (χ1n) is 9.23. The predicted molar refractivity (Wildman–Crippen MR) is 94.7 cm³/mol. The number of carbonyl (C=O) groups excluding carboxylic acids is 1. The Morgan fingerprint density at radius 2 is 1.84 bits per heavy atom. The molecule has 1 aliphatic carbocycles. The average molecular weight is 348 g/mol. The van der Waals surface area contributed by atoms with Crippen molar-refractivity contribution in [3.63, 3.8) is 0 Å². The first-order chi connectivity index (χ1) is 12.2. The lowest BCUT2D eigenvalue weighted by molar-refractivity contribution is -0.0389. The first kappa shape index (κ1) is 18.0. The molecule has 1 saturated heterocycles. The van der Waals surface area contributed by atoms with Crippen molar-refractivity contribution < 1.29 is 19.4 Å². The number of urea groups is 1. The minimum atomic E-state index is -0.194. The Labute approximate surface area is 149 Å². The summed E-state index contributed by atoms with van der Waals surface area (Å²) in [5.74, 6) is 0.879. The first-order valence-corrected chi connectivity index (χ1v) is 9.23. The van der Waals surface area contributed by atoms with Crippen molar-refractivity contribution in [3.05, 3.63) is 30.3 Å². The third kappa shape index (κ3) is 5.61. The van der Waals surface area contributed by atoms with Gasteiger partial charge in [-0.2, -0.15) is 0 Å². The Kier molecular flexibility index (Phi) is 6.53. The summed E-state index contributed by atoms with van der Waals surface area (Å²) >= 11 is 0. The van der Waals surface area contributed by atoms with E-state index in [1.165, 1.54) is 0 Å². The number of hydrogen-bond acceptors (Lipinski definition) is 4. The van der Waals surface area contributed by atoms with E-state index in [1.807, 2.05) is 30.3 Å². The van der Waals surface area contributed by atoms with Crippen LogP contribution in [0.2, 0.25) is 0 Å². The molecule has 138 valence electrons. The highest BCUT2D eigenvalue weighted by Crippen LogP contribution is 2.19. The van der Waals surface area contributed by atoms with Crippen LogP contribution in [-0.4, -0.2) is 60.6 Å². The molecule has 2 amide bonds. The summed E-state index contributed by atoms with van der Waals surface area (Å²) in [5, 5.41) is 12.6. The maximum absolute atomic E-state index is 12.1. The fourth-order valence-electron chi connectivity index (χ4n) is 3.21. The van der Waals surface area contributed by atoms with Gasteiger partial charge in [0, 0.05) is 12.5 Å². The second-order valence-electron chi connectivity index (χ2n) is 6.87. The van der Waals surface area contributed by atoms with Crippen molar-refractivity contribution in [2.75, 3.05) is 26.3 Å². The number of benzene rings is 1. The van der Waals surface area contributed by atoms with E-state index in [2.05, 4.69) is 5.32 Å². The van der Waals surface area contributed by atoms with Crippen LogP contribution < -0.4 is 10.1 Å². The maximum Gasteiger partial charge on any atom is 0.317 e. The summed E-state index contributed by atoms with van der Waals surface area (Å²) in [6.07, 6.45) is 4.06. The molecule has 6 heteroatoms. The third-order valence-corrected chi connectivity index (χ3v) is 4.81. The third-order valence-electron chi connectivity index (χ3n) is 4.81. The van der Waals surface area contributed by atoms with E-state index in [9.17, 15) is 9.90 Å². The van der Waals surface area contributed by atoms with Gasteiger partial charge < -0.3 is 24.8 Å². The normalized spacial score (nSPS) is 23.8. The molecule has 0 atom stereocenters. The summed E-state index contributed by atoms with van der Waals surface area (Å²) in [5.41, 5.74) is 0. The minimum absolute atomic E-state index is 0.00588. The zero-order valence-electron chi connectivity index (χ0n) is 14.6. The van der Waals surface area contributed by atoms with Crippen LogP contribution in [0.1, 0.15) is 32.1 Å². The quantitative estimate of drug-likeness (QED) is 0.741. The molecule has 25 heavy (non-hydrogen) atoms. The van der Waals surface area contributed by atoms with Crippen LogP contribution in [-0.2, 0) is 4.74 Å². The highest BCUT2D eigenvalue weighted by atomic mass is 16.5. The van der Waals surface area contributed by atoms with E-state index in [4.69, 9.17) is 9.47 Å². The van der Waals surface area contributed by atoms with Gasteiger partial charge in [-0.05, 0) is 37.8 Å². The van der Waals surface area contributed by atoms with Crippen molar-refractivity contribution in [1.82, 2.24) is 10.2 Å². The molecule has 0 spiro atoms. The van der Waals surface area contributed by atoms with Crippen molar-refractivity contribution in [3.8, 4) is 5.75 Å². The fraction of sp³-hybridized carbons (Fsp3) is 0.632. The van der Waals surface area contributed by atoms with E-state index in [0.717, 1.165) is 37.9 Å². The highest BCUT2D eigenvalue weighted by Gasteiger charge is 2.32. The molecule has 2 N–H and O–H groups in total. The molecule has 0 bridgehead atoms. The van der Waals surface area contributed by atoms with Crippen molar-refractivity contribution in [1.29, 1.82) is 0 Å². The summed E-state index contributed by atoms with van der Waals surface area (Å²) in [7, 11) is 0.